The number of aryl methyl sites for hydroxylation is 1. The zero-order valence-electron chi connectivity index (χ0n) is 16.9. The molecular weight excluding hydrogens is 420 g/mol. The molecular formula is C20H18N6O4S. The summed E-state index contributed by atoms with van der Waals surface area (Å²) in [5.74, 6) is 0.556. The molecule has 0 aliphatic rings. The topological polar surface area (TPSA) is 124 Å². The van der Waals surface area contributed by atoms with Gasteiger partial charge in [0.1, 0.15) is 4.90 Å². The fourth-order valence-corrected chi connectivity index (χ4v) is 4.26. The Morgan fingerprint density at radius 3 is 2.48 bits per heavy atom. The summed E-state index contributed by atoms with van der Waals surface area (Å²) >= 11 is 0. The third kappa shape index (κ3) is 3.82. The van der Waals surface area contributed by atoms with E-state index in [1.165, 1.54) is 39.0 Å². The summed E-state index contributed by atoms with van der Waals surface area (Å²) in [6, 6.07) is 10.1. The van der Waals surface area contributed by atoms with E-state index in [4.69, 9.17) is 9.15 Å². The number of aromatic nitrogens is 5. The largest absolute Gasteiger partial charge is 0.478 e. The van der Waals surface area contributed by atoms with Crippen LogP contribution >= 0.6 is 0 Å². The van der Waals surface area contributed by atoms with Gasteiger partial charge in [-0.05, 0) is 31.2 Å². The maximum atomic E-state index is 13.5. The van der Waals surface area contributed by atoms with Crippen LogP contribution in [0.2, 0.25) is 0 Å². The summed E-state index contributed by atoms with van der Waals surface area (Å²) in [7, 11) is -1.22. The van der Waals surface area contributed by atoms with E-state index in [0.29, 0.717) is 28.4 Å². The van der Waals surface area contributed by atoms with Crippen molar-refractivity contribution in [2.45, 2.75) is 11.8 Å². The number of nitrogens with zero attached hydrogens (tertiary/aromatic N) is 6. The van der Waals surface area contributed by atoms with Crippen LogP contribution in [0.3, 0.4) is 0 Å². The minimum Gasteiger partial charge on any atom is -0.478 e. The van der Waals surface area contributed by atoms with E-state index in [1.54, 1.807) is 37.3 Å². The molecule has 10 nitrogen and oxygen atoms in total. The Morgan fingerprint density at radius 1 is 1.06 bits per heavy atom. The van der Waals surface area contributed by atoms with Crippen LogP contribution in [-0.4, -0.2) is 47.7 Å². The first-order valence-corrected chi connectivity index (χ1v) is 10.5. The van der Waals surface area contributed by atoms with Gasteiger partial charge in [-0.2, -0.15) is 0 Å². The van der Waals surface area contributed by atoms with Crippen molar-refractivity contribution in [1.82, 2.24) is 25.1 Å². The van der Waals surface area contributed by atoms with E-state index >= 15 is 0 Å². The van der Waals surface area contributed by atoms with Gasteiger partial charge in [-0.3, -0.25) is 4.98 Å². The van der Waals surface area contributed by atoms with Crippen molar-refractivity contribution < 1.29 is 17.6 Å². The fraction of sp³-hybridized carbons (Fsp3) is 0.150. The van der Waals surface area contributed by atoms with Gasteiger partial charge >= 0.3 is 0 Å². The summed E-state index contributed by atoms with van der Waals surface area (Å²) in [6.45, 7) is 1.74. The van der Waals surface area contributed by atoms with Crippen LogP contribution < -0.4 is 9.04 Å². The van der Waals surface area contributed by atoms with Gasteiger partial charge in [-0.25, -0.2) is 22.7 Å². The molecule has 4 aromatic rings. The maximum Gasteiger partial charge on any atom is 0.267 e. The second-order valence-corrected chi connectivity index (χ2v) is 8.43. The number of pyridine rings is 1. The number of benzene rings is 1. The van der Waals surface area contributed by atoms with E-state index in [0.717, 1.165) is 4.31 Å². The molecule has 0 amide bonds. The van der Waals surface area contributed by atoms with Gasteiger partial charge in [0, 0.05) is 24.4 Å². The lowest BCUT2D eigenvalue weighted by molar-refractivity contribution is 0.396. The molecule has 3 heterocycles. The predicted molar refractivity (Wildman–Crippen MR) is 112 cm³/mol. The van der Waals surface area contributed by atoms with Gasteiger partial charge in [0.05, 0.1) is 24.7 Å². The van der Waals surface area contributed by atoms with Crippen LogP contribution in [-0.2, 0) is 10.0 Å². The first-order chi connectivity index (χ1) is 14.9. The van der Waals surface area contributed by atoms with Crippen LogP contribution in [0.5, 0.6) is 5.88 Å². The van der Waals surface area contributed by atoms with Crippen molar-refractivity contribution in [1.29, 1.82) is 0 Å². The molecule has 0 fully saturated rings. The number of sulfonamides is 1. The van der Waals surface area contributed by atoms with Crippen LogP contribution in [0.1, 0.15) is 5.69 Å². The molecule has 0 bridgehead atoms. The lowest BCUT2D eigenvalue weighted by Crippen LogP contribution is -2.28. The number of hydrogen-bond acceptors (Lipinski definition) is 9. The Bertz CT molecular complexity index is 1310. The third-order valence-electron chi connectivity index (χ3n) is 4.51. The van der Waals surface area contributed by atoms with Crippen LogP contribution in [0.4, 0.5) is 5.82 Å². The maximum absolute atomic E-state index is 13.5. The van der Waals surface area contributed by atoms with E-state index in [1.807, 2.05) is 0 Å². The van der Waals surface area contributed by atoms with Crippen LogP contribution in [0.15, 0.2) is 64.5 Å². The molecule has 1 aromatic carbocycles. The zero-order valence-corrected chi connectivity index (χ0v) is 17.7. The zero-order chi connectivity index (χ0) is 22.0. The molecule has 0 atom stereocenters. The molecule has 0 aliphatic heterocycles. The molecule has 31 heavy (non-hydrogen) atoms. The summed E-state index contributed by atoms with van der Waals surface area (Å²) in [4.78, 5) is 12.7. The number of rotatable bonds is 6. The van der Waals surface area contributed by atoms with Crippen molar-refractivity contribution in [3.05, 3.63) is 60.9 Å². The highest BCUT2D eigenvalue weighted by Crippen LogP contribution is 2.32. The molecule has 0 N–H and O–H groups in total. The van der Waals surface area contributed by atoms with Gasteiger partial charge in [-0.1, -0.05) is 12.1 Å². The summed E-state index contributed by atoms with van der Waals surface area (Å²) in [5, 5.41) is 7.52. The molecule has 0 aliphatic carbocycles. The van der Waals surface area contributed by atoms with E-state index < -0.39 is 10.0 Å². The number of methoxy groups -OCH3 is 1. The monoisotopic (exact) mass is 438 g/mol. The minimum atomic E-state index is -4.02. The summed E-state index contributed by atoms with van der Waals surface area (Å²) in [6.07, 6.45) is 4.25. The molecule has 3 aromatic heterocycles. The van der Waals surface area contributed by atoms with E-state index in [2.05, 4.69) is 25.1 Å². The predicted octanol–water partition coefficient (Wildman–Crippen LogP) is 2.73. The number of hydrogen-bond donors (Lipinski definition) is 0. The first-order valence-electron chi connectivity index (χ1n) is 9.10. The highest BCUT2D eigenvalue weighted by Gasteiger charge is 2.29. The number of anilines is 1. The van der Waals surface area contributed by atoms with Gasteiger partial charge in [0.15, 0.2) is 0 Å². The first kappa shape index (κ1) is 20.4. The molecule has 4 rings (SSSR count). The molecule has 0 saturated carbocycles. The highest BCUT2D eigenvalue weighted by atomic mass is 32.2. The average molecular weight is 438 g/mol. The van der Waals surface area contributed by atoms with Gasteiger partial charge < -0.3 is 9.15 Å². The Balaban J connectivity index is 1.76. The van der Waals surface area contributed by atoms with Crippen molar-refractivity contribution >= 4 is 15.8 Å². The fourth-order valence-electron chi connectivity index (χ4n) is 2.95. The highest BCUT2D eigenvalue weighted by molar-refractivity contribution is 7.93. The van der Waals surface area contributed by atoms with Crippen molar-refractivity contribution in [2.24, 2.45) is 0 Å². The van der Waals surface area contributed by atoms with Crippen LogP contribution in [0, 0.1) is 6.92 Å². The Hall–Kier alpha value is -3.86. The lowest BCUT2D eigenvalue weighted by atomic mass is 10.1. The normalized spacial score (nSPS) is 11.3. The minimum absolute atomic E-state index is 0.0208. The quantitative estimate of drug-likeness (QED) is 0.447. The van der Waals surface area contributed by atoms with E-state index in [9.17, 15) is 8.42 Å². The summed E-state index contributed by atoms with van der Waals surface area (Å²) < 4.78 is 38.4. The smallest absolute Gasteiger partial charge is 0.267 e. The Labute approximate surface area is 178 Å². The SMILES string of the molecule is COc1nc(C)cnc1N(C)S(=O)(=O)c1cccnc1-c1ccc(-c2nnco2)cc1. The molecule has 0 saturated heterocycles. The molecule has 0 unspecified atom stereocenters. The molecule has 0 spiro atoms. The second-order valence-electron chi connectivity index (χ2n) is 6.49. The van der Waals surface area contributed by atoms with Gasteiger partial charge in [-0.15, -0.1) is 10.2 Å². The van der Waals surface area contributed by atoms with Gasteiger partial charge in [0.2, 0.25) is 18.1 Å². The van der Waals surface area contributed by atoms with Crippen molar-refractivity contribution in [3.8, 4) is 28.6 Å². The van der Waals surface area contributed by atoms with Crippen LogP contribution in [0.25, 0.3) is 22.7 Å². The third-order valence-corrected chi connectivity index (χ3v) is 6.29. The Morgan fingerprint density at radius 2 is 1.81 bits per heavy atom. The van der Waals surface area contributed by atoms with Crippen molar-refractivity contribution in [2.75, 3.05) is 18.5 Å². The lowest BCUT2D eigenvalue weighted by Gasteiger charge is -2.21. The summed E-state index contributed by atoms with van der Waals surface area (Å²) in [5.41, 5.74) is 2.22. The molecule has 11 heteroatoms. The Kier molecular flexibility index (Phi) is 5.34. The standard InChI is InChI=1S/C20H18N6O4S/c1-13-11-22-18(20(24-13)29-3)26(2)31(27,28)16-5-4-10-21-17(16)14-6-8-15(9-7-14)19-25-23-12-30-19/h4-12H,1-3H3. The number of ether oxygens (including phenoxy) is 1. The van der Waals surface area contributed by atoms with Gasteiger partial charge in [0.25, 0.3) is 15.9 Å². The average Bonchev–Trinajstić information content (AvgIpc) is 3.33. The van der Waals surface area contributed by atoms with Crippen molar-refractivity contribution in [3.63, 3.8) is 0 Å². The van der Waals surface area contributed by atoms with E-state index in [-0.39, 0.29) is 16.6 Å². The molecule has 0 radical (unpaired) electrons. The molecule has 158 valence electrons. The second kappa shape index (κ2) is 8.11.